The van der Waals surface area contributed by atoms with E-state index in [1.807, 2.05) is 0 Å². The Morgan fingerprint density at radius 3 is 2.59 bits per heavy atom. The van der Waals surface area contributed by atoms with E-state index in [0.29, 0.717) is 26.0 Å². The first-order chi connectivity index (χ1) is 10.4. The van der Waals surface area contributed by atoms with Crippen molar-refractivity contribution in [3.63, 3.8) is 0 Å². The summed E-state index contributed by atoms with van der Waals surface area (Å²) in [7, 11) is 0. The number of carboxylic acid groups (broad SMARTS) is 1. The second kappa shape index (κ2) is 9.30. The molecule has 1 aromatic carbocycles. The summed E-state index contributed by atoms with van der Waals surface area (Å²) in [5.41, 5.74) is -0.721. The molecule has 124 valence electrons. The van der Waals surface area contributed by atoms with Gasteiger partial charge in [-0.05, 0) is 50.6 Å². The van der Waals surface area contributed by atoms with E-state index in [1.165, 1.54) is 12.1 Å². The SMILES string of the molecule is O=C(O)CCCCNCCCOc1cccc(C(F)(F)F)c1. The van der Waals surface area contributed by atoms with Gasteiger partial charge in [-0.25, -0.2) is 0 Å². The van der Waals surface area contributed by atoms with Gasteiger partial charge in [0, 0.05) is 6.42 Å². The highest BCUT2D eigenvalue weighted by Crippen LogP contribution is 2.31. The number of nitrogens with one attached hydrogen (secondary N) is 1. The quantitative estimate of drug-likeness (QED) is 0.650. The Bertz CT molecular complexity index is 464. The summed E-state index contributed by atoms with van der Waals surface area (Å²) in [5.74, 6) is -0.592. The number of unbranched alkanes of at least 4 members (excludes halogenated alkanes) is 1. The number of hydrogen-bond acceptors (Lipinski definition) is 3. The molecule has 1 rings (SSSR count). The number of halogens is 3. The van der Waals surface area contributed by atoms with Crippen LogP contribution >= 0.6 is 0 Å². The van der Waals surface area contributed by atoms with Gasteiger partial charge in [-0.15, -0.1) is 0 Å². The van der Waals surface area contributed by atoms with Gasteiger partial charge < -0.3 is 15.2 Å². The van der Waals surface area contributed by atoms with Gasteiger partial charge in [-0.1, -0.05) is 6.07 Å². The number of benzene rings is 1. The normalized spacial score (nSPS) is 11.4. The molecule has 0 spiro atoms. The summed E-state index contributed by atoms with van der Waals surface area (Å²) in [4.78, 5) is 10.3. The highest BCUT2D eigenvalue weighted by Gasteiger charge is 2.30. The van der Waals surface area contributed by atoms with Crippen LogP contribution in [0.2, 0.25) is 0 Å². The van der Waals surface area contributed by atoms with Crippen molar-refractivity contribution >= 4 is 5.97 Å². The highest BCUT2D eigenvalue weighted by atomic mass is 19.4. The predicted molar refractivity (Wildman–Crippen MR) is 75.9 cm³/mol. The molecule has 0 unspecified atom stereocenters. The molecule has 1 aromatic rings. The molecule has 0 saturated carbocycles. The third-order valence-electron chi connectivity index (χ3n) is 2.92. The molecule has 0 bridgehead atoms. The van der Waals surface area contributed by atoms with Crippen molar-refractivity contribution in [3.8, 4) is 5.75 Å². The number of aliphatic carboxylic acids is 1. The number of hydrogen-bond donors (Lipinski definition) is 2. The molecule has 0 aliphatic heterocycles. The van der Waals surface area contributed by atoms with Crippen LogP contribution < -0.4 is 10.1 Å². The van der Waals surface area contributed by atoms with Crippen LogP contribution in [0.4, 0.5) is 13.2 Å². The van der Waals surface area contributed by atoms with E-state index >= 15 is 0 Å². The van der Waals surface area contributed by atoms with Crippen molar-refractivity contribution in [2.24, 2.45) is 0 Å². The predicted octanol–water partition coefficient (Wildman–Crippen LogP) is 3.32. The summed E-state index contributed by atoms with van der Waals surface area (Å²) in [6.07, 6.45) is -2.13. The van der Waals surface area contributed by atoms with E-state index in [1.54, 1.807) is 0 Å². The summed E-state index contributed by atoms with van der Waals surface area (Å²) in [6.45, 7) is 1.71. The summed E-state index contributed by atoms with van der Waals surface area (Å²) in [5, 5.41) is 11.6. The van der Waals surface area contributed by atoms with Crippen molar-refractivity contribution in [3.05, 3.63) is 29.8 Å². The number of rotatable bonds is 10. The number of ether oxygens (including phenoxy) is 1. The Morgan fingerprint density at radius 2 is 1.91 bits per heavy atom. The fourth-order valence-corrected chi connectivity index (χ4v) is 1.80. The molecule has 0 fully saturated rings. The zero-order valence-corrected chi connectivity index (χ0v) is 12.2. The zero-order chi connectivity index (χ0) is 16.4. The van der Waals surface area contributed by atoms with Gasteiger partial charge in [0.15, 0.2) is 0 Å². The molecule has 0 aromatic heterocycles. The van der Waals surface area contributed by atoms with Gasteiger partial charge in [0.1, 0.15) is 5.75 Å². The Kier molecular flexibility index (Phi) is 7.73. The molecular weight excluding hydrogens is 299 g/mol. The van der Waals surface area contributed by atoms with Crippen molar-refractivity contribution in [1.29, 1.82) is 0 Å². The molecule has 0 atom stereocenters. The van der Waals surface area contributed by atoms with E-state index in [0.717, 1.165) is 25.1 Å². The Balaban J connectivity index is 2.11. The number of alkyl halides is 3. The molecule has 0 amide bonds. The first-order valence-electron chi connectivity index (χ1n) is 7.12. The van der Waals surface area contributed by atoms with Crippen LogP contribution in [0.15, 0.2) is 24.3 Å². The van der Waals surface area contributed by atoms with E-state index in [2.05, 4.69) is 5.32 Å². The van der Waals surface area contributed by atoms with Crippen LogP contribution in [0.1, 0.15) is 31.2 Å². The highest BCUT2D eigenvalue weighted by molar-refractivity contribution is 5.66. The molecule has 0 radical (unpaired) electrons. The molecule has 0 heterocycles. The average molecular weight is 319 g/mol. The van der Waals surface area contributed by atoms with Crippen LogP contribution in [0.5, 0.6) is 5.75 Å². The zero-order valence-electron chi connectivity index (χ0n) is 12.2. The third kappa shape index (κ3) is 7.87. The van der Waals surface area contributed by atoms with Crippen LogP contribution in [0.3, 0.4) is 0 Å². The fourth-order valence-electron chi connectivity index (χ4n) is 1.80. The second-order valence-corrected chi connectivity index (χ2v) is 4.83. The van der Waals surface area contributed by atoms with Gasteiger partial charge in [-0.2, -0.15) is 13.2 Å². The number of carbonyl (C=O) groups is 1. The van der Waals surface area contributed by atoms with Crippen LogP contribution in [0.25, 0.3) is 0 Å². The lowest BCUT2D eigenvalue weighted by molar-refractivity contribution is -0.138. The van der Waals surface area contributed by atoms with Crippen molar-refractivity contribution in [1.82, 2.24) is 5.32 Å². The second-order valence-electron chi connectivity index (χ2n) is 4.83. The smallest absolute Gasteiger partial charge is 0.416 e. The molecule has 7 heteroatoms. The van der Waals surface area contributed by atoms with E-state index < -0.39 is 17.7 Å². The molecule has 0 aliphatic carbocycles. The van der Waals surface area contributed by atoms with Gasteiger partial charge in [0.05, 0.1) is 12.2 Å². The molecular formula is C15H20F3NO3. The lowest BCUT2D eigenvalue weighted by Crippen LogP contribution is -2.19. The first-order valence-corrected chi connectivity index (χ1v) is 7.12. The largest absolute Gasteiger partial charge is 0.494 e. The topological polar surface area (TPSA) is 58.6 Å². The maximum Gasteiger partial charge on any atom is 0.416 e. The van der Waals surface area contributed by atoms with Crippen LogP contribution in [-0.4, -0.2) is 30.8 Å². The van der Waals surface area contributed by atoms with Gasteiger partial charge in [0.25, 0.3) is 0 Å². The molecule has 0 aliphatic rings. The van der Waals surface area contributed by atoms with E-state index in [-0.39, 0.29) is 12.2 Å². The molecule has 0 saturated heterocycles. The van der Waals surface area contributed by atoms with Gasteiger partial charge in [0.2, 0.25) is 0 Å². The van der Waals surface area contributed by atoms with Gasteiger partial charge >= 0.3 is 12.1 Å². The first kappa shape index (κ1) is 18.3. The summed E-state index contributed by atoms with van der Waals surface area (Å²) < 4.78 is 42.8. The lowest BCUT2D eigenvalue weighted by atomic mass is 10.2. The maximum absolute atomic E-state index is 12.5. The van der Waals surface area contributed by atoms with Crippen molar-refractivity contribution in [2.45, 2.75) is 31.9 Å². The fraction of sp³-hybridized carbons (Fsp3) is 0.533. The molecule has 22 heavy (non-hydrogen) atoms. The maximum atomic E-state index is 12.5. The van der Waals surface area contributed by atoms with Crippen molar-refractivity contribution in [2.75, 3.05) is 19.7 Å². The van der Waals surface area contributed by atoms with E-state index in [9.17, 15) is 18.0 Å². The Labute approximate surface area is 127 Å². The van der Waals surface area contributed by atoms with Crippen molar-refractivity contribution < 1.29 is 27.8 Å². The minimum Gasteiger partial charge on any atom is -0.494 e. The lowest BCUT2D eigenvalue weighted by Gasteiger charge is -2.10. The average Bonchev–Trinajstić information content (AvgIpc) is 2.44. The number of carboxylic acids is 1. The summed E-state index contributed by atoms with van der Waals surface area (Å²) in [6, 6.07) is 4.80. The summed E-state index contributed by atoms with van der Waals surface area (Å²) >= 11 is 0. The Morgan fingerprint density at radius 1 is 1.18 bits per heavy atom. The third-order valence-corrected chi connectivity index (χ3v) is 2.92. The minimum absolute atomic E-state index is 0.167. The van der Waals surface area contributed by atoms with Crippen LogP contribution in [0, 0.1) is 0 Å². The van der Waals surface area contributed by atoms with E-state index in [4.69, 9.17) is 9.84 Å². The monoisotopic (exact) mass is 319 g/mol. The van der Waals surface area contributed by atoms with Crippen LogP contribution in [-0.2, 0) is 11.0 Å². The van der Waals surface area contributed by atoms with Gasteiger partial charge in [-0.3, -0.25) is 4.79 Å². The molecule has 2 N–H and O–H groups in total. The standard InChI is InChI=1S/C15H20F3NO3/c16-15(17,18)12-5-3-6-13(11-12)22-10-4-9-19-8-2-1-7-14(20)21/h3,5-6,11,19H,1-2,4,7-10H2,(H,20,21). The Hall–Kier alpha value is -1.76. The molecule has 4 nitrogen and oxygen atoms in total. The minimum atomic E-state index is -4.36.